The molecule has 0 unspecified atom stereocenters. The van der Waals surface area contributed by atoms with Gasteiger partial charge in [0.15, 0.2) is 0 Å². The Morgan fingerprint density at radius 1 is 1.13 bits per heavy atom. The number of esters is 1. The minimum Gasteiger partial charge on any atom is -0.462 e. The van der Waals surface area contributed by atoms with Gasteiger partial charge in [-0.15, -0.1) is 11.3 Å². The summed E-state index contributed by atoms with van der Waals surface area (Å²) in [5.41, 5.74) is 0.192. The van der Waals surface area contributed by atoms with E-state index < -0.39 is 17.2 Å². The third-order valence-electron chi connectivity index (χ3n) is 5.20. The van der Waals surface area contributed by atoms with Crippen LogP contribution in [-0.2, 0) is 18.3 Å². The zero-order chi connectivity index (χ0) is 21.7. The standard InChI is InChI=1S/C22H27N3O4S/c1-4-24(5-2)12-9-13-29-21(27)17-15-30-20-18(17)19(26)25(22(28)23(20)3)14-16-10-7-6-8-11-16/h6-8,10-11,15H,4-5,9,12-14H2,1-3H3. The van der Waals surface area contributed by atoms with Gasteiger partial charge in [-0.3, -0.25) is 13.9 Å². The van der Waals surface area contributed by atoms with E-state index in [0.717, 1.165) is 31.6 Å². The van der Waals surface area contributed by atoms with Crippen molar-refractivity contribution in [2.45, 2.75) is 26.8 Å². The van der Waals surface area contributed by atoms with E-state index in [9.17, 15) is 14.4 Å². The number of rotatable bonds is 9. The van der Waals surface area contributed by atoms with E-state index in [1.807, 2.05) is 30.3 Å². The minimum absolute atomic E-state index is 0.149. The highest BCUT2D eigenvalue weighted by atomic mass is 32.1. The molecule has 0 aliphatic carbocycles. The quantitative estimate of drug-likeness (QED) is 0.386. The highest BCUT2D eigenvalue weighted by Crippen LogP contribution is 2.22. The molecule has 0 aliphatic rings. The summed E-state index contributed by atoms with van der Waals surface area (Å²) in [4.78, 5) is 41.3. The molecule has 0 radical (unpaired) electrons. The lowest BCUT2D eigenvalue weighted by molar-refractivity contribution is 0.0492. The molecular formula is C22H27N3O4S. The third kappa shape index (κ3) is 4.55. The van der Waals surface area contributed by atoms with Gasteiger partial charge < -0.3 is 9.64 Å². The van der Waals surface area contributed by atoms with Crippen LogP contribution in [0, 0.1) is 0 Å². The number of carbonyl (C=O) groups is 1. The maximum absolute atomic E-state index is 13.1. The molecule has 0 amide bonds. The van der Waals surface area contributed by atoms with E-state index in [0.29, 0.717) is 4.83 Å². The summed E-state index contributed by atoms with van der Waals surface area (Å²) in [6, 6.07) is 9.30. The molecule has 0 atom stereocenters. The monoisotopic (exact) mass is 429 g/mol. The SMILES string of the molecule is CCN(CC)CCCOC(=O)c1csc2c1c(=O)n(Cc1ccccc1)c(=O)n2C. The summed E-state index contributed by atoms with van der Waals surface area (Å²) in [5.74, 6) is -0.525. The molecule has 0 saturated carbocycles. The maximum Gasteiger partial charge on any atom is 0.339 e. The summed E-state index contributed by atoms with van der Waals surface area (Å²) in [7, 11) is 1.61. The smallest absolute Gasteiger partial charge is 0.339 e. The second-order valence-electron chi connectivity index (χ2n) is 7.06. The van der Waals surface area contributed by atoms with Gasteiger partial charge in [-0.05, 0) is 25.1 Å². The average molecular weight is 430 g/mol. The van der Waals surface area contributed by atoms with Gasteiger partial charge in [0, 0.05) is 19.0 Å². The van der Waals surface area contributed by atoms with Crippen molar-refractivity contribution in [2.24, 2.45) is 7.05 Å². The molecule has 1 aromatic carbocycles. The predicted molar refractivity (Wildman–Crippen MR) is 120 cm³/mol. The summed E-state index contributed by atoms with van der Waals surface area (Å²) in [5, 5.41) is 1.84. The van der Waals surface area contributed by atoms with Crippen LogP contribution in [0.15, 0.2) is 45.3 Å². The zero-order valence-corrected chi connectivity index (χ0v) is 18.4. The van der Waals surface area contributed by atoms with Crippen LogP contribution in [0.25, 0.3) is 10.2 Å². The van der Waals surface area contributed by atoms with Crippen LogP contribution in [0.1, 0.15) is 36.2 Å². The molecule has 8 heteroatoms. The Morgan fingerprint density at radius 3 is 2.50 bits per heavy atom. The van der Waals surface area contributed by atoms with Crippen molar-refractivity contribution in [3.05, 3.63) is 67.7 Å². The van der Waals surface area contributed by atoms with E-state index in [4.69, 9.17) is 4.74 Å². The topological polar surface area (TPSA) is 73.5 Å². The van der Waals surface area contributed by atoms with Crippen LogP contribution in [-0.4, -0.2) is 46.2 Å². The fourth-order valence-electron chi connectivity index (χ4n) is 3.42. The number of ether oxygens (including phenoxy) is 1. The van der Waals surface area contributed by atoms with Gasteiger partial charge in [-0.1, -0.05) is 44.2 Å². The number of aryl methyl sites for hydroxylation is 1. The van der Waals surface area contributed by atoms with Crippen LogP contribution >= 0.6 is 11.3 Å². The van der Waals surface area contributed by atoms with Gasteiger partial charge in [-0.2, -0.15) is 0 Å². The average Bonchev–Trinajstić information content (AvgIpc) is 3.21. The summed E-state index contributed by atoms with van der Waals surface area (Å²) in [6.45, 7) is 7.38. The predicted octanol–water partition coefficient (Wildman–Crippen LogP) is 2.70. The normalized spacial score (nSPS) is 11.3. The Bertz CT molecular complexity index is 1130. The van der Waals surface area contributed by atoms with E-state index in [-0.39, 0.29) is 24.1 Å². The first-order chi connectivity index (χ1) is 14.5. The van der Waals surface area contributed by atoms with Crippen LogP contribution in [0.2, 0.25) is 0 Å². The van der Waals surface area contributed by atoms with Crippen molar-refractivity contribution in [3.8, 4) is 0 Å². The van der Waals surface area contributed by atoms with E-state index in [1.54, 1.807) is 12.4 Å². The molecule has 0 aliphatic heterocycles. The molecule has 3 aromatic rings. The molecule has 0 saturated heterocycles. The van der Waals surface area contributed by atoms with Crippen molar-refractivity contribution in [1.82, 2.24) is 14.0 Å². The third-order valence-corrected chi connectivity index (χ3v) is 6.26. The van der Waals surface area contributed by atoms with E-state index >= 15 is 0 Å². The summed E-state index contributed by atoms with van der Waals surface area (Å²) in [6.07, 6.45) is 0.728. The lowest BCUT2D eigenvalue weighted by Crippen LogP contribution is -2.39. The zero-order valence-electron chi connectivity index (χ0n) is 17.6. The first-order valence-electron chi connectivity index (χ1n) is 10.1. The Labute approximate surface area is 179 Å². The first kappa shape index (κ1) is 22.0. The Balaban J connectivity index is 1.87. The lowest BCUT2D eigenvalue weighted by Gasteiger charge is -2.17. The second kappa shape index (κ2) is 9.86. The molecular weight excluding hydrogens is 402 g/mol. The Kier molecular flexibility index (Phi) is 7.23. The van der Waals surface area contributed by atoms with Crippen molar-refractivity contribution < 1.29 is 9.53 Å². The van der Waals surface area contributed by atoms with Gasteiger partial charge in [-0.25, -0.2) is 9.59 Å². The van der Waals surface area contributed by atoms with Crippen molar-refractivity contribution >= 4 is 27.5 Å². The summed E-state index contributed by atoms with van der Waals surface area (Å²) >= 11 is 1.20. The second-order valence-corrected chi connectivity index (χ2v) is 7.92. The lowest BCUT2D eigenvalue weighted by atomic mass is 10.2. The number of hydrogen-bond acceptors (Lipinski definition) is 6. The van der Waals surface area contributed by atoms with Crippen molar-refractivity contribution in [1.29, 1.82) is 0 Å². The van der Waals surface area contributed by atoms with Crippen molar-refractivity contribution in [2.75, 3.05) is 26.2 Å². The molecule has 3 rings (SSSR count). The summed E-state index contributed by atoms with van der Waals surface area (Å²) < 4.78 is 8.01. The van der Waals surface area contributed by atoms with Crippen molar-refractivity contribution in [3.63, 3.8) is 0 Å². The molecule has 2 heterocycles. The number of thiophene rings is 1. The number of fused-ring (bicyclic) bond motifs is 1. The van der Waals surface area contributed by atoms with Crippen LogP contribution < -0.4 is 11.2 Å². The largest absolute Gasteiger partial charge is 0.462 e. The number of aromatic nitrogens is 2. The van der Waals surface area contributed by atoms with Crippen LogP contribution in [0.5, 0.6) is 0 Å². The van der Waals surface area contributed by atoms with Gasteiger partial charge in [0.2, 0.25) is 0 Å². The number of nitrogens with zero attached hydrogens (tertiary/aromatic N) is 3. The van der Waals surface area contributed by atoms with Gasteiger partial charge in [0.1, 0.15) is 4.83 Å². The molecule has 7 nitrogen and oxygen atoms in total. The van der Waals surface area contributed by atoms with Crippen LogP contribution in [0.3, 0.4) is 0 Å². The molecule has 0 spiro atoms. The molecule has 0 N–H and O–H groups in total. The highest BCUT2D eigenvalue weighted by molar-refractivity contribution is 7.17. The number of benzene rings is 1. The van der Waals surface area contributed by atoms with Gasteiger partial charge >= 0.3 is 11.7 Å². The fourth-order valence-corrected chi connectivity index (χ4v) is 4.41. The molecule has 0 fully saturated rings. The highest BCUT2D eigenvalue weighted by Gasteiger charge is 2.21. The Hall–Kier alpha value is -2.71. The molecule has 0 bridgehead atoms. The first-order valence-corrected chi connectivity index (χ1v) is 11.0. The molecule has 30 heavy (non-hydrogen) atoms. The molecule has 160 valence electrons. The maximum atomic E-state index is 13.1. The fraction of sp³-hybridized carbons (Fsp3) is 0.409. The number of hydrogen-bond donors (Lipinski definition) is 0. The van der Waals surface area contributed by atoms with E-state index in [2.05, 4.69) is 18.7 Å². The minimum atomic E-state index is -0.525. The molecule has 2 aromatic heterocycles. The van der Waals surface area contributed by atoms with Crippen LogP contribution in [0.4, 0.5) is 0 Å². The Morgan fingerprint density at radius 2 is 1.83 bits per heavy atom. The van der Waals surface area contributed by atoms with Gasteiger partial charge in [0.05, 0.1) is 24.1 Å². The van der Waals surface area contributed by atoms with Gasteiger partial charge in [0.25, 0.3) is 5.56 Å². The number of carbonyl (C=O) groups excluding carboxylic acids is 1. The van der Waals surface area contributed by atoms with E-state index in [1.165, 1.54) is 20.5 Å².